The Morgan fingerprint density at radius 3 is 2.60 bits per heavy atom. The molecule has 1 heteroatoms. The van der Waals surface area contributed by atoms with E-state index in [4.69, 9.17) is 0 Å². The molecule has 0 fully saturated rings. The molecule has 0 aliphatic carbocycles. The van der Waals surface area contributed by atoms with Crippen molar-refractivity contribution in [3.05, 3.63) is 40.3 Å². The molecule has 1 aromatic rings. The van der Waals surface area contributed by atoms with E-state index in [0.29, 0.717) is 0 Å². The van der Waals surface area contributed by atoms with Crippen molar-refractivity contribution in [3.63, 3.8) is 0 Å². The van der Waals surface area contributed by atoms with Crippen LogP contribution in [0.25, 0.3) is 6.08 Å². The molecular weight excluding hydrogens is 181 g/mol. The summed E-state index contributed by atoms with van der Waals surface area (Å²) in [7, 11) is 0. The third-order valence-corrected chi connectivity index (χ3v) is 3.35. The second-order valence-corrected chi connectivity index (χ2v) is 4.28. The van der Waals surface area contributed by atoms with Crippen LogP contribution >= 0.6 is 0 Å². The van der Waals surface area contributed by atoms with Gasteiger partial charge in [-0.25, -0.2) is 0 Å². The molecule has 47 valence electrons. The van der Waals surface area contributed by atoms with Crippen LogP contribution in [0.1, 0.15) is 11.1 Å². The molecule has 0 saturated carbocycles. The maximum absolute atomic E-state index is 2.37. The molecule has 0 bridgehead atoms. The monoisotopic (exact) mass is 189 g/mol. The van der Waals surface area contributed by atoms with Crippen LogP contribution in [0.5, 0.6) is 0 Å². The molecule has 0 atom stereocenters. The standard InChI is InChI=1S/C9H7Ge/c1-2-4-9-7-10-6-5-8(9)3-1/h1-7H. The normalized spacial score (nSPS) is 13.2. The average Bonchev–Trinajstić information content (AvgIpc) is 2.05. The molecule has 1 radical (unpaired) electrons. The molecule has 10 heavy (non-hydrogen) atoms. The van der Waals surface area contributed by atoms with Crippen molar-refractivity contribution in [1.29, 1.82) is 0 Å². The summed E-state index contributed by atoms with van der Waals surface area (Å²) in [5, 5.41) is 0. The van der Waals surface area contributed by atoms with E-state index >= 15 is 0 Å². The van der Waals surface area contributed by atoms with Crippen molar-refractivity contribution in [1.82, 2.24) is 0 Å². The van der Waals surface area contributed by atoms with E-state index < -0.39 is 0 Å². The molecule has 0 unspecified atom stereocenters. The van der Waals surface area contributed by atoms with E-state index in [-0.39, 0.29) is 15.0 Å². The Morgan fingerprint density at radius 2 is 1.80 bits per heavy atom. The number of fused-ring (bicyclic) bond motifs is 1. The zero-order valence-corrected chi connectivity index (χ0v) is 7.64. The first-order chi connectivity index (χ1) is 4.97. The summed E-state index contributed by atoms with van der Waals surface area (Å²) in [6, 6.07) is 8.53. The van der Waals surface area contributed by atoms with Crippen molar-refractivity contribution in [2.75, 3.05) is 0 Å². The van der Waals surface area contributed by atoms with Gasteiger partial charge in [-0.1, -0.05) is 0 Å². The van der Waals surface area contributed by atoms with Gasteiger partial charge in [0.2, 0.25) is 0 Å². The number of hydrogen-bond acceptors (Lipinski definition) is 0. The second-order valence-electron chi connectivity index (χ2n) is 2.27. The summed E-state index contributed by atoms with van der Waals surface area (Å²) >= 11 is 0.103. The Balaban J connectivity index is 2.65. The first kappa shape index (κ1) is 6.11. The minimum atomic E-state index is 0.103. The molecule has 0 N–H and O–H groups in total. The van der Waals surface area contributed by atoms with E-state index in [0.717, 1.165) is 0 Å². The Kier molecular flexibility index (Phi) is 1.55. The first-order valence-corrected chi connectivity index (χ1v) is 5.74. The summed E-state index contributed by atoms with van der Waals surface area (Å²) in [5.74, 6) is 0. The predicted molar refractivity (Wildman–Crippen MR) is 46.4 cm³/mol. The van der Waals surface area contributed by atoms with Gasteiger partial charge in [0.1, 0.15) is 0 Å². The predicted octanol–water partition coefficient (Wildman–Crippen LogP) is 1.53. The zero-order valence-electron chi connectivity index (χ0n) is 5.54. The van der Waals surface area contributed by atoms with Gasteiger partial charge >= 0.3 is 66.2 Å². The van der Waals surface area contributed by atoms with Crippen LogP contribution in [0.3, 0.4) is 0 Å². The van der Waals surface area contributed by atoms with Crippen molar-refractivity contribution in [2.45, 2.75) is 0 Å². The van der Waals surface area contributed by atoms with Crippen LogP contribution in [-0.2, 0) is 0 Å². The molecule has 0 aromatic heterocycles. The molecule has 2 rings (SSSR count). The van der Waals surface area contributed by atoms with Crippen LogP contribution in [0.15, 0.2) is 29.2 Å². The third-order valence-electron chi connectivity index (χ3n) is 1.59. The molecule has 1 heterocycles. The minimum absolute atomic E-state index is 0.103. The molecule has 0 saturated heterocycles. The van der Waals surface area contributed by atoms with Crippen LogP contribution in [0.2, 0.25) is 0 Å². The Hall–Kier alpha value is -0.627. The van der Waals surface area contributed by atoms with Crippen LogP contribution < -0.4 is 0 Å². The zero-order chi connectivity index (χ0) is 6.81. The van der Waals surface area contributed by atoms with Crippen molar-refractivity contribution in [3.8, 4) is 0 Å². The topological polar surface area (TPSA) is 0 Å². The van der Waals surface area contributed by atoms with E-state index in [9.17, 15) is 0 Å². The van der Waals surface area contributed by atoms with Gasteiger partial charge in [0.05, 0.1) is 0 Å². The van der Waals surface area contributed by atoms with Crippen molar-refractivity contribution >= 4 is 25.9 Å². The Bertz CT molecular complexity index is 266. The fourth-order valence-electron chi connectivity index (χ4n) is 1.07. The SMILES string of the molecule is [CH]1=Cc2ccccc2[CH]=[Ge]1. The fourth-order valence-corrected chi connectivity index (χ4v) is 2.78. The number of benzene rings is 1. The quantitative estimate of drug-likeness (QED) is 0.541. The van der Waals surface area contributed by atoms with Gasteiger partial charge in [-0.3, -0.25) is 0 Å². The van der Waals surface area contributed by atoms with Crippen molar-refractivity contribution < 1.29 is 0 Å². The molecule has 0 amide bonds. The van der Waals surface area contributed by atoms with Crippen LogP contribution in [-0.4, -0.2) is 19.8 Å². The number of rotatable bonds is 0. The van der Waals surface area contributed by atoms with Crippen molar-refractivity contribution in [2.24, 2.45) is 0 Å². The van der Waals surface area contributed by atoms with E-state index in [1.54, 1.807) is 0 Å². The van der Waals surface area contributed by atoms with Gasteiger partial charge in [0, 0.05) is 0 Å². The second kappa shape index (κ2) is 2.55. The molecule has 1 aromatic carbocycles. The maximum atomic E-state index is 2.37. The first-order valence-electron chi connectivity index (χ1n) is 3.32. The summed E-state index contributed by atoms with van der Waals surface area (Å²) in [6.45, 7) is 0. The van der Waals surface area contributed by atoms with Crippen LogP contribution in [0.4, 0.5) is 0 Å². The summed E-state index contributed by atoms with van der Waals surface area (Å²) in [6.07, 6.45) is 2.23. The molecule has 0 nitrogen and oxygen atoms in total. The van der Waals surface area contributed by atoms with Gasteiger partial charge in [-0.15, -0.1) is 0 Å². The summed E-state index contributed by atoms with van der Waals surface area (Å²) in [5.41, 5.74) is 2.79. The van der Waals surface area contributed by atoms with E-state index in [2.05, 4.69) is 40.1 Å². The van der Waals surface area contributed by atoms with Gasteiger partial charge in [0.15, 0.2) is 0 Å². The molecule has 0 spiro atoms. The fraction of sp³-hybridized carbons (Fsp3) is 0. The summed E-state index contributed by atoms with van der Waals surface area (Å²) < 4.78 is 0. The van der Waals surface area contributed by atoms with E-state index in [1.165, 1.54) is 11.1 Å². The van der Waals surface area contributed by atoms with Gasteiger partial charge in [-0.2, -0.15) is 0 Å². The van der Waals surface area contributed by atoms with Gasteiger partial charge in [-0.05, 0) is 0 Å². The summed E-state index contributed by atoms with van der Waals surface area (Å²) in [4.78, 5) is 4.68. The van der Waals surface area contributed by atoms with Crippen LogP contribution in [0, 0.1) is 0 Å². The Morgan fingerprint density at radius 1 is 1.00 bits per heavy atom. The van der Waals surface area contributed by atoms with Gasteiger partial charge in [0.25, 0.3) is 0 Å². The third kappa shape index (κ3) is 0.992. The molecular formula is C9H7Ge. The molecule has 1 aliphatic heterocycles. The Labute approximate surface area is 66.6 Å². The number of hydrogen-bond donors (Lipinski definition) is 0. The average molecular weight is 188 g/mol. The molecule has 1 aliphatic rings. The van der Waals surface area contributed by atoms with E-state index in [1.807, 2.05) is 0 Å². The van der Waals surface area contributed by atoms with Gasteiger partial charge < -0.3 is 0 Å².